The van der Waals surface area contributed by atoms with Crippen molar-refractivity contribution in [3.05, 3.63) is 156 Å². The van der Waals surface area contributed by atoms with Crippen LogP contribution in [0.5, 0.6) is 11.5 Å². The van der Waals surface area contributed by atoms with E-state index in [4.69, 9.17) is 9.72 Å². The van der Waals surface area contributed by atoms with Crippen LogP contribution in [0.1, 0.15) is 30.5 Å². The predicted octanol–water partition coefficient (Wildman–Crippen LogP) is 10.0. The predicted molar refractivity (Wildman–Crippen MR) is 170 cm³/mol. The summed E-state index contributed by atoms with van der Waals surface area (Å²) in [6, 6.07) is 51.3. The van der Waals surface area contributed by atoms with Crippen molar-refractivity contribution in [2.24, 2.45) is 0 Å². The number of aryl methyl sites for hydroxylation is 1. The number of hydrogen-bond donors (Lipinski definition) is 0. The van der Waals surface area contributed by atoms with Crippen LogP contribution >= 0.6 is 0 Å². The van der Waals surface area contributed by atoms with E-state index in [2.05, 4.69) is 98.5 Å². The standard InChI is InChI=1S/C39H29N2O.Au/c1-27-23-24-31(26-32(27)36-20-12-19-35(40-36)28-13-5-4-6-14-28)42-30-16-11-15-29(25-30)41-37-21-9-7-17-33(37)39(2,3)34-18-8-10-22-38(34)41;/h4-13,15,17-25H,1-3H3;/q-3;+3. The summed E-state index contributed by atoms with van der Waals surface area (Å²) < 4.78 is 6.39. The molecule has 7 rings (SSSR count). The number of nitrogens with zero attached hydrogens (tertiary/aromatic N) is 2. The zero-order valence-corrected chi connectivity index (χ0v) is 26.3. The van der Waals surface area contributed by atoms with E-state index < -0.39 is 0 Å². The summed E-state index contributed by atoms with van der Waals surface area (Å²) in [5, 5.41) is 0. The van der Waals surface area contributed by atoms with E-state index in [1.807, 2.05) is 66.7 Å². The van der Waals surface area contributed by atoms with Crippen LogP contribution in [0.4, 0.5) is 17.1 Å². The first-order valence-electron chi connectivity index (χ1n) is 14.2. The average molecular weight is 739 g/mol. The Bertz CT molecular complexity index is 1870. The molecule has 0 aliphatic carbocycles. The van der Waals surface area contributed by atoms with Gasteiger partial charge >= 0.3 is 22.4 Å². The molecule has 0 saturated heterocycles. The molecule has 0 fully saturated rings. The third-order valence-electron chi connectivity index (χ3n) is 7.99. The van der Waals surface area contributed by atoms with Gasteiger partial charge in [0.05, 0.1) is 0 Å². The number of rotatable bonds is 5. The van der Waals surface area contributed by atoms with E-state index in [1.54, 1.807) is 0 Å². The van der Waals surface area contributed by atoms with Gasteiger partial charge in [0.15, 0.2) is 0 Å². The van der Waals surface area contributed by atoms with E-state index in [-0.39, 0.29) is 27.8 Å². The molecule has 0 bridgehead atoms. The van der Waals surface area contributed by atoms with Crippen molar-refractivity contribution in [2.45, 2.75) is 26.2 Å². The van der Waals surface area contributed by atoms with E-state index in [0.29, 0.717) is 11.5 Å². The van der Waals surface area contributed by atoms with Gasteiger partial charge in [-0.05, 0) is 34.6 Å². The summed E-state index contributed by atoms with van der Waals surface area (Å²) >= 11 is 0. The van der Waals surface area contributed by atoms with Crippen molar-refractivity contribution in [1.29, 1.82) is 0 Å². The van der Waals surface area contributed by atoms with Crippen LogP contribution in [0.3, 0.4) is 0 Å². The molecule has 4 heteroatoms. The molecule has 0 saturated carbocycles. The van der Waals surface area contributed by atoms with Crippen LogP contribution in [0, 0.1) is 25.1 Å². The molecule has 212 valence electrons. The van der Waals surface area contributed by atoms with Crippen molar-refractivity contribution in [1.82, 2.24) is 4.98 Å². The Balaban J connectivity index is 0.00000329. The largest absolute Gasteiger partial charge is 3.00 e. The fourth-order valence-electron chi connectivity index (χ4n) is 5.85. The second kappa shape index (κ2) is 11.7. The molecule has 0 N–H and O–H groups in total. The first-order chi connectivity index (χ1) is 20.5. The van der Waals surface area contributed by atoms with Crippen LogP contribution in [0.2, 0.25) is 0 Å². The molecule has 6 aromatic rings. The number of ether oxygens (including phenoxy) is 1. The zero-order chi connectivity index (χ0) is 28.7. The minimum Gasteiger partial charge on any atom is -0.503 e. The molecule has 5 aromatic carbocycles. The molecule has 0 spiro atoms. The molecule has 0 amide bonds. The maximum atomic E-state index is 6.39. The van der Waals surface area contributed by atoms with Gasteiger partial charge in [-0.3, -0.25) is 0 Å². The zero-order valence-electron chi connectivity index (χ0n) is 24.2. The molecule has 0 radical (unpaired) electrons. The second-order valence-corrected chi connectivity index (χ2v) is 11.1. The molecule has 1 aromatic heterocycles. The van der Waals surface area contributed by atoms with E-state index in [0.717, 1.165) is 33.8 Å². The topological polar surface area (TPSA) is 25.4 Å². The summed E-state index contributed by atoms with van der Waals surface area (Å²) in [6.07, 6.45) is 0. The molecule has 1 aliphatic heterocycles. The number of fused-ring (bicyclic) bond motifs is 2. The smallest absolute Gasteiger partial charge is 0.503 e. The van der Waals surface area contributed by atoms with Crippen LogP contribution in [0.15, 0.2) is 121 Å². The monoisotopic (exact) mass is 738 g/mol. The Morgan fingerprint density at radius 3 is 2.09 bits per heavy atom. The Morgan fingerprint density at radius 2 is 1.37 bits per heavy atom. The van der Waals surface area contributed by atoms with Crippen molar-refractivity contribution in [3.8, 4) is 34.0 Å². The van der Waals surface area contributed by atoms with Crippen molar-refractivity contribution >= 4 is 17.1 Å². The molecule has 2 heterocycles. The molecule has 1 aliphatic rings. The summed E-state index contributed by atoms with van der Waals surface area (Å²) in [5.41, 5.74) is 10.5. The fraction of sp³-hybridized carbons (Fsp3) is 0.103. The van der Waals surface area contributed by atoms with E-state index in [1.165, 1.54) is 22.5 Å². The number of hydrogen-bond acceptors (Lipinski definition) is 3. The number of anilines is 3. The quantitative estimate of drug-likeness (QED) is 0.130. The molecule has 0 unspecified atom stereocenters. The Morgan fingerprint density at radius 1 is 0.674 bits per heavy atom. The van der Waals surface area contributed by atoms with Gasteiger partial charge in [0, 0.05) is 28.3 Å². The normalized spacial score (nSPS) is 13.0. The maximum Gasteiger partial charge on any atom is 3.00 e. The third-order valence-corrected chi connectivity index (χ3v) is 7.99. The minimum absolute atomic E-state index is 0. The number of benzene rings is 5. The Labute approximate surface area is 269 Å². The van der Waals surface area contributed by atoms with Crippen LogP contribution in [0.25, 0.3) is 22.5 Å². The van der Waals surface area contributed by atoms with Crippen molar-refractivity contribution in [2.75, 3.05) is 4.90 Å². The first-order valence-corrected chi connectivity index (χ1v) is 14.2. The minimum atomic E-state index is -0.110. The van der Waals surface area contributed by atoms with Crippen molar-refractivity contribution in [3.63, 3.8) is 0 Å². The second-order valence-electron chi connectivity index (χ2n) is 11.1. The Kier molecular flexibility index (Phi) is 7.81. The summed E-state index contributed by atoms with van der Waals surface area (Å²) in [5.74, 6) is 1.24. The maximum absolute atomic E-state index is 6.39. The van der Waals surface area contributed by atoms with Crippen LogP contribution < -0.4 is 9.64 Å². The molecule has 43 heavy (non-hydrogen) atoms. The summed E-state index contributed by atoms with van der Waals surface area (Å²) in [4.78, 5) is 7.24. The summed E-state index contributed by atoms with van der Waals surface area (Å²) in [7, 11) is 0. The van der Waals surface area contributed by atoms with Gasteiger partial charge < -0.3 is 14.6 Å². The van der Waals surface area contributed by atoms with Gasteiger partial charge in [0.25, 0.3) is 0 Å². The van der Waals surface area contributed by atoms with Crippen LogP contribution in [-0.4, -0.2) is 4.98 Å². The summed E-state index contributed by atoms with van der Waals surface area (Å²) in [6.45, 7) is 6.66. The van der Waals surface area contributed by atoms with Gasteiger partial charge in [-0.2, -0.15) is 6.07 Å². The SMILES string of the molecule is Cc1ccc(Oc2[c-]ccc(N3c4ccccc4C(C)(C)c4ccccc43)c2)[c-]c1-c1cccc(-c2[c-]cccc2)n1.[Au+3]. The van der Waals surface area contributed by atoms with Gasteiger partial charge in [-0.25, -0.2) is 0 Å². The molecular weight excluding hydrogens is 709 g/mol. The van der Waals surface area contributed by atoms with Gasteiger partial charge in [-0.15, -0.1) is 77.4 Å². The first kappa shape index (κ1) is 28.7. The third kappa shape index (κ3) is 5.32. The van der Waals surface area contributed by atoms with E-state index in [9.17, 15) is 0 Å². The Hall–Kier alpha value is -4.41. The van der Waals surface area contributed by atoms with Crippen molar-refractivity contribution < 1.29 is 27.1 Å². The fourth-order valence-corrected chi connectivity index (χ4v) is 5.85. The van der Waals surface area contributed by atoms with E-state index >= 15 is 0 Å². The molecular formula is C39H29AuN2O. The van der Waals surface area contributed by atoms with Gasteiger partial charge in [-0.1, -0.05) is 87.1 Å². The molecule has 3 nitrogen and oxygen atoms in total. The molecule has 0 atom stereocenters. The van der Waals surface area contributed by atoms with Gasteiger partial charge in [0.2, 0.25) is 0 Å². The average Bonchev–Trinajstić information content (AvgIpc) is 3.03. The number of aromatic nitrogens is 1. The number of para-hydroxylation sites is 2. The van der Waals surface area contributed by atoms with Crippen LogP contribution in [-0.2, 0) is 27.8 Å². The number of pyridine rings is 1. The van der Waals surface area contributed by atoms with Gasteiger partial charge in [0.1, 0.15) is 0 Å².